The molecule has 2 N–H and O–H groups in total. The van der Waals surface area contributed by atoms with Crippen molar-refractivity contribution < 1.29 is 17.7 Å². The van der Waals surface area contributed by atoms with Crippen LogP contribution in [0.5, 0.6) is 0 Å². The first-order valence-corrected chi connectivity index (χ1v) is 6.62. The molecule has 112 valence electrons. The van der Waals surface area contributed by atoms with Crippen LogP contribution in [0.25, 0.3) is 0 Å². The summed E-state index contributed by atoms with van der Waals surface area (Å²) in [5.74, 6) is -1.18. The smallest absolute Gasteiger partial charge is 0.329 e. The minimum absolute atomic E-state index is 0.117. The van der Waals surface area contributed by atoms with Gasteiger partial charge in [-0.25, -0.2) is 0 Å². The topological polar surface area (TPSA) is 64.9 Å². The van der Waals surface area contributed by atoms with E-state index in [0.717, 1.165) is 17.5 Å². The van der Waals surface area contributed by atoms with Gasteiger partial charge in [-0.2, -0.15) is 18.2 Å². The van der Waals surface area contributed by atoms with Crippen molar-refractivity contribution in [1.29, 1.82) is 0 Å². The van der Waals surface area contributed by atoms with Crippen LogP contribution in [-0.2, 0) is 11.7 Å². The largest absolute Gasteiger partial charge is 0.471 e. The van der Waals surface area contributed by atoms with Gasteiger partial charge in [0.1, 0.15) is 5.54 Å². The number of halogens is 3. The van der Waals surface area contributed by atoms with Gasteiger partial charge in [0.2, 0.25) is 0 Å². The number of aromatic nitrogens is 2. The molecule has 0 spiro atoms. The fourth-order valence-corrected chi connectivity index (χ4v) is 2.82. The van der Waals surface area contributed by atoms with Gasteiger partial charge in [0, 0.05) is 0 Å². The monoisotopic (exact) mass is 297 g/mol. The zero-order chi connectivity index (χ0) is 15.3. The second kappa shape index (κ2) is 4.56. The normalized spacial score (nSPS) is 25.7. The first-order chi connectivity index (χ1) is 9.82. The van der Waals surface area contributed by atoms with Gasteiger partial charge < -0.3 is 10.3 Å². The Morgan fingerprint density at radius 3 is 2.71 bits per heavy atom. The van der Waals surface area contributed by atoms with E-state index in [9.17, 15) is 13.2 Å². The fraction of sp³-hybridized carbons (Fsp3) is 0.429. The number of fused-ring (bicyclic) bond motifs is 1. The second-order valence-electron chi connectivity index (χ2n) is 5.42. The lowest BCUT2D eigenvalue weighted by molar-refractivity contribution is -0.159. The van der Waals surface area contributed by atoms with Crippen molar-refractivity contribution in [3.63, 3.8) is 0 Å². The summed E-state index contributed by atoms with van der Waals surface area (Å²) < 4.78 is 42.2. The van der Waals surface area contributed by atoms with Crippen molar-refractivity contribution in [3.8, 4) is 0 Å². The summed E-state index contributed by atoms with van der Waals surface area (Å²) in [6.45, 7) is 2.07. The molecule has 7 heteroatoms. The maximum atomic E-state index is 12.6. The minimum Gasteiger partial charge on any atom is -0.329 e. The van der Waals surface area contributed by atoms with Crippen LogP contribution in [0.3, 0.4) is 0 Å². The third kappa shape index (κ3) is 2.21. The van der Waals surface area contributed by atoms with Crippen molar-refractivity contribution in [1.82, 2.24) is 10.1 Å². The van der Waals surface area contributed by atoms with E-state index in [1.54, 1.807) is 0 Å². The third-order valence-electron chi connectivity index (χ3n) is 4.01. The van der Waals surface area contributed by atoms with Gasteiger partial charge in [0.05, 0.1) is 0 Å². The number of benzene rings is 1. The number of nitrogens with zero attached hydrogens (tertiary/aromatic N) is 2. The molecule has 1 heterocycles. The molecular weight excluding hydrogens is 283 g/mol. The molecule has 2 atom stereocenters. The summed E-state index contributed by atoms with van der Waals surface area (Å²) in [6.07, 6.45) is -3.44. The van der Waals surface area contributed by atoms with Crippen LogP contribution in [0.15, 0.2) is 28.8 Å². The lowest BCUT2D eigenvalue weighted by Crippen LogP contribution is -2.42. The predicted molar refractivity (Wildman–Crippen MR) is 68.4 cm³/mol. The van der Waals surface area contributed by atoms with Gasteiger partial charge >= 0.3 is 12.1 Å². The first-order valence-electron chi connectivity index (χ1n) is 6.62. The molecule has 1 aliphatic rings. The van der Waals surface area contributed by atoms with Crippen molar-refractivity contribution in [2.75, 3.05) is 0 Å². The summed E-state index contributed by atoms with van der Waals surface area (Å²) in [7, 11) is 0. The molecule has 3 rings (SSSR count). The van der Waals surface area contributed by atoms with Crippen molar-refractivity contribution in [2.45, 2.75) is 37.4 Å². The van der Waals surface area contributed by atoms with Gasteiger partial charge in [0.15, 0.2) is 5.82 Å². The summed E-state index contributed by atoms with van der Waals surface area (Å²) in [4.78, 5) is 3.47. The molecule has 0 saturated heterocycles. The van der Waals surface area contributed by atoms with Crippen LogP contribution < -0.4 is 5.73 Å². The first kappa shape index (κ1) is 14.1. The number of rotatable bonds is 1. The van der Waals surface area contributed by atoms with Crippen molar-refractivity contribution in [2.24, 2.45) is 5.73 Å². The molecule has 0 bridgehead atoms. The Hall–Kier alpha value is -1.89. The Morgan fingerprint density at radius 1 is 1.33 bits per heavy atom. The molecule has 2 unspecified atom stereocenters. The SMILES string of the molecule is CC1CCC(N)(c2noc(C(F)(F)F)n2)c2ccccc21. The van der Waals surface area contributed by atoms with Crippen LogP contribution in [-0.4, -0.2) is 10.1 Å². The quantitative estimate of drug-likeness (QED) is 0.878. The number of alkyl halides is 3. The molecule has 21 heavy (non-hydrogen) atoms. The minimum atomic E-state index is -4.66. The molecular formula is C14H14F3N3O. The Labute approximate surface area is 119 Å². The maximum absolute atomic E-state index is 12.6. The molecule has 1 aliphatic carbocycles. The molecule has 0 aliphatic heterocycles. The molecule has 2 aromatic rings. The lowest BCUT2D eigenvalue weighted by atomic mass is 9.72. The standard InChI is InChI=1S/C14H14F3N3O/c1-8-6-7-13(18,10-5-3-2-4-9(8)10)11-19-12(21-20-11)14(15,16)17/h2-5,8H,6-7,18H2,1H3. The highest BCUT2D eigenvalue weighted by molar-refractivity contribution is 5.42. The Morgan fingerprint density at radius 2 is 2.05 bits per heavy atom. The van der Waals surface area contributed by atoms with E-state index in [-0.39, 0.29) is 5.82 Å². The summed E-state index contributed by atoms with van der Waals surface area (Å²) in [5, 5.41) is 3.47. The maximum Gasteiger partial charge on any atom is 0.471 e. The van der Waals surface area contributed by atoms with Crippen LogP contribution in [0.4, 0.5) is 13.2 Å². The van der Waals surface area contributed by atoms with E-state index in [1.807, 2.05) is 24.3 Å². The summed E-state index contributed by atoms with van der Waals surface area (Å²) >= 11 is 0. The van der Waals surface area contributed by atoms with Gasteiger partial charge in [0.25, 0.3) is 0 Å². The van der Waals surface area contributed by atoms with Crippen LogP contribution in [0.1, 0.15) is 48.5 Å². The summed E-state index contributed by atoms with van der Waals surface area (Å²) in [5.41, 5.74) is 7.00. The molecule has 0 fully saturated rings. The highest BCUT2D eigenvalue weighted by Gasteiger charge is 2.44. The van der Waals surface area contributed by atoms with E-state index in [0.29, 0.717) is 12.3 Å². The van der Waals surface area contributed by atoms with Crippen LogP contribution >= 0.6 is 0 Å². The van der Waals surface area contributed by atoms with E-state index < -0.39 is 17.6 Å². The summed E-state index contributed by atoms with van der Waals surface area (Å²) in [6, 6.07) is 7.45. The van der Waals surface area contributed by atoms with E-state index in [1.165, 1.54) is 0 Å². The second-order valence-corrected chi connectivity index (χ2v) is 5.42. The van der Waals surface area contributed by atoms with E-state index in [4.69, 9.17) is 5.73 Å². The van der Waals surface area contributed by atoms with Crippen molar-refractivity contribution in [3.05, 3.63) is 47.1 Å². The Kier molecular flexibility index (Phi) is 3.05. The third-order valence-corrected chi connectivity index (χ3v) is 4.01. The van der Waals surface area contributed by atoms with Crippen LogP contribution in [0.2, 0.25) is 0 Å². The van der Waals surface area contributed by atoms with Gasteiger partial charge in [-0.05, 0) is 29.9 Å². The molecule has 0 amide bonds. The molecule has 4 nitrogen and oxygen atoms in total. The Balaban J connectivity index is 2.10. The molecule has 0 saturated carbocycles. The van der Waals surface area contributed by atoms with E-state index in [2.05, 4.69) is 21.6 Å². The highest BCUT2D eigenvalue weighted by Crippen LogP contribution is 2.43. The van der Waals surface area contributed by atoms with Crippen molar-refractivity contribution >= 4 is 0 Å². The molecule has 0 radical (unpaired) electrons. The van der Waals surface area contributed by atoms with Gasteiger partial charge in [-0.3, -0.25) is 0 Å². The lowest BCUT2D eigenvalue weighted by Gasteiger charge is -2.36. The van der Waals surface area contributed by atoms with Gasteiger partial charge in [-0.1, -0.05) is 36.3 Å². The average molecular weight is 297 g/mol. The Bertz CT molecular complexity index is 667. The van der Waals surface area contributed by atoms with Gasteiger partial charge in [-0.15, -0.1) is 0 Å². The molecule has 1 aromatic heterocycles. The average Bonchev–Trinajstić information content (AvgIpc) is 2.94. The van der Waals surface area contributed by atoms with Crippen LogP contribution in [0, 0.1) is 0 Å². The zero-order valence-corrected chi connectivity index (χ0v) is 11.3. The number of nitrogens with two attached hydrogens (primary N) is 1. The predicted octanol–water partition coefficient (Wildman–Crippen LogP) is 3.19. The highest BCUT2D eigenvalue weighted by atomic mass is 19.4. The zero-order valence-electron chi connectivity index (χ0n) is 11.3. The molecule has 1 aromatic carbocycles. The van der Waals surface area contributed by atoms with E-state index >= 15 is 0 Å². The number of hydrogen-bond donors (Lipinski definition) is 1. The number of hydrogen-bond acceptors (Lipinski definition) is 4. The fourth-order valence-electron chi connectivity index (χ4n) is 2.82.